The average molecular weight is 303 g/mol. The molecule has 21 heavy (non-hydrogen) atoms. The van der Waals surface area contributed by atoms with E-state index in [2.05, 4.69) is 5.32 Å². The van der Waals surface area contributed by atoms with Crippen LogP contribution in [0.2, 0.25) is 0 Å². The van der Waals surface area contributed by atoms with Crippen LogP contribution < -0.4 is 5.32 Å². The van der Waals surface area contributed by atoms with Gasteiger partial charge in [-0.1, -0.05) is 32.0 Å². The maximum Gasteiger partial charge on any atom is 0.416 e. The Labute approximate surface area is 122 Å². The van der Waals surface area contributed by atoms with Crippen LogP contribution in [0.5, 0.6) is 0 Å². The van der Waals surface area contributed by atoms with E-state index in [1.807, 2.05) is 0 Å². The molecule has 0 heterocycles. The molecule has 0 fully saturated rings. The maximum absolute atomic E-state index is 12.6. The van der Waals surface area contributed by atoms with Gasteiger partial charge in [0.2, 0.25) is 0 Å². The zero-order chi connectivity index (χ0) is 16.1. The molecule has 0 saturated heterocycles. The molecule has 0 unspecified atom stereocenters. The molecular formula is C15H20F3NO2. The normalized spacial score (nSPS) is 12.4. The summed E-state index contributed by atoms with van der Waals surface area (Å²) in [5.41, 5.74) is -1.09. The van der Waals surface area contributed by atoms with Crippen molar-refractivity contribution in [2.24, 2.45) is 5.41 Å². The van der Waals surface area contributed by atoms with Gasteiger partial charge in [0.05, 0.1) is 11.0 Å². The number of halogens is 3. The van der Waals surface area contributed by atoms with Gasteiger partial charge < -0.3 is 10.4 Å². The molecule has 118 valence electrons. The first kappa shape index (κ1) is 17.5. The summed E-state index contributed by atoms with van der Waals surface area (Å²) in [6, 6.07) is 5.03. The summed E-state index contributed by atoms with van der Waals surface area (Å²) in [6.07, 6.45) is -3.43. The molecule has 2 N–H and O–H groups in total. The van der Waals surface area contributed by atoms with Crippen LogP contribution >= 0.6 is 0 Å². The van der Waals surface area contributed by atoms with E-state index in [0.29, 0.717) is 18.4 Å². The van der Waals surface area contributed by atoms with Crippen LogP contribution in [0.4, 0.5) is 13.2 Å². The third-order valence-corrected chi connectivity index (χ3v) is 3.85. The van der Waals surface area contributed by atoms with E-state index >= 15 is 0 Å². The molecule has 0 aliphatic rings. The number of nitrogens with one attached hydrogen (secondary N) is 1. The highest BCUT2D eigenvalue weighted by Gasteiger charge is 2.34. The van der Waals surface area contributed by atoms with Gasteiger partial charge in [-0.3, -0.25) is 4.79 Å². The fraction of sp³-hybridized carbons (Fsp3) is 0.533. The molecule has 0 aliphatic heterocycles. The second-order valence-electron chi connectivity index (χ2n) is 5.09. The first-order valence-electron chi connectivity index (χ1n) is 6.85. The lowest BCUT2D eigenvalue weighted by Gasteiger charge is -2.27. The van der Waals surface area contributed by atoms with Gasteiger partial charge in [-0.05, 0) is 24.5 Å². The highest BCUT2D eigenvalue weighted by Crippen LogP contribution is 2.30. The molecule has 1 rings (SSSR count). The summed E-state index contributed by atoms with van der Waals surface area (Å²) >= 11 is 0. The van der Waals surface area contributed by atoms with Crippen molar-refractivity contribution in [1.82, 2.24) is 5.32 Å². The van der Waals surface area contributed by atoms with Crippen molar-refractivity contribution in [3.05, 3.63) is 35.4 Å². The van der Waals surface area contributed by atoms with E-state index in [4.69, 9.17) is 0 Å². The predicted octanol–water partition coefficient (Wildman–Crippen LogP) is 3.69. The Morgan fingerprint density at radius 2 is 1.86 bits per heavy atom. The number of benzene rings is 1. The molecular weight excluding hydrogens is 283 g/mol. The smallest absolute Gasteiger partial charge is 0.416 e. The monoisotopic (exact) mass is 303 g/mol. The lowest BCUT2D eigenvalue weighted by Crippen LogP contribution is -2.40. The fourth-order valence-electron chi connectivity index (χ4n) is 2.18. The van der Waals surface area contributed by atoms with Crippen molar-refractivity contribution < 1.29 is 23.1 Å². The number of carbonyl (C=O) groups is 1. The van der Waals surface area contributed by atoms with Crippen LogP contribution in [0, 0.1) is 5.41 Å². The summed E-state index contributed by atoms with van der Waals surface area (Å²) in [5.74, 6) is -0.885. The van der Waals surface area contributed by atoms with Crippen molar-refractivity contribution in [1.29, 1.82) is 0 Å². The Bertz CT molecular complexity index is 482. The summed E-state index contributed by atoms with van der Waals surface area (Å²) in [7, 11) is 0. The summed E-state index contributed by atoms with van der Waals surface area (Å²) < 4.78 is 37.8. The number of alkyl halides is 3. The maximum atomic E-state index is 12.6. The molecule has 1 aromatic carbocycles. The number of carboxylic acid groups (broad SMARTS) is 1. The topological polar surface area (TPSA) is 49.3 Å². The number of hydrogen-bond acceptors (Lipinski definition) is 2. The SMILES string of the molecule is CCC(CC)(CNCc1cccc(C(F)(F)F)c1)C(=O)O. The zero-order valence-electron chi connectivity index (χ0n) is 12.1. The average Bonchev–Trinajstić information content (AvgIpc) is 2.43. The van der Waals surface area contributed by atoms with Gasteiger partial charge in [0, 0.05) is 13.1 Å². The number of rotatable bonds is 7. The lowest BCUT2D eigenvalue weighted by atomic mass is 9.82. The second kappa shape index (κ2) is 6.93. The number of carboxylic acids is 1. The van der Waals surface area contributed by atoms with Gasteiger partial charge >= 0.3 is 12.1 Å². The summed E-state index contributed by atoms with van der Waals surface area (Å²) in [5, 5.41) is 12.2. The van der Waals surface area contributed by atoms with Crippen LogP contribution in [0.1, 0.15) is 37.8 Å². The van der Waals surface area contributed by atoms with Crippen LogP contribution in [0.15, 0.2) is 24.3 Å². The highest BCUT2D eigenvalue weighted by atomic mass is 19.4. The van der Waals surface area contributed by atoms with Gasteiger partial charge in [0.25, 0.3) is 0 Å². The third-order valence-electron chi connectivity index (χ3n) is 3.85. The van der Waals surface area contributed by atoms with Crippen molar-refractivity contribution in [3.8, 4) is 0 Å². The first-order chi connectivity index (χ1) is 9.75. The molecule has 0 bridgehead atoms. The Morgan fingerprint density at radius 3 is 2.33 bits per heavy atom. The molecule has 0 spiro atoms. The van der Waals surface area contributed by atoms with Crippen LogP contribution in [-0.2, 0) is 17.5 Å². The quantitative estimate of drug-likeness (QED) is 0.807. The molecule has 0 atom stereocenters. The highest BCUT2D eigenvalue weighted by molar-refractivity contribution is 5.74. The first-order valence-corrected chi connectivity index (χ1v) is 6.85. The van der Waals surface area contributed by atoms with Crippen molar-refractivity contribution in [3.63, 3.8) is 0 Å². The predicted molar refractivity (Wildman–Crippen MR) is 73.8 cm³/mol. The third kappa shape index (κ3) is 4.46. The van der Waals surface area contributed by atoms with Crippen LogP contribution in [0.3, 0.4) is 0 Å². The molecule has 0 radical (unpaired) electrons. The standard InChI is InChI=1S/C15H20F3NO2/c1-3-14(4-2,13(20)21)10-19-9-11-6-5-7-12(8-11)15(16,17)18/h5-8,19H,3-4,9-10H2,1-2H3,(H,20,21). The van der Waals surface area contributed by atoms with Gasteiger partial charge in [-0.25, -0.2) is 0 Å². The van der Waals surface area contributed by atoms with Crippen molar-refractivity contribution >= 4 is 5.97 Å². The zero-order valence-corrected chi connectivity index (χ0v) is 12.1. The number of hydrogen-bond donors (Lipinski definition) is 2. The van der Waals surface area contributed by atoms with Gasteiger partial charge in [-0.2, -0.15) is 13.2 Å². The van der Waals surface area contributed by atoms with E-state index in [1.54, 1.807) is 19.9 Å². The summed E-state index contributed by atoms with van der Waals surface area (Å²) in [6.45, 7) is 4.03. The molecule has 0 saturated carbocycles. The molecule has 0 amide bonds. The number of aliphatic carboxylic acids is 1. The van der Waals surface area contributed by atoms with Crippen molar-refractivity contribution in [2.75, 3.05) is 6.54 Å². The fourth-order valence-corrected chi connectivity index (χ4v) is 2.18. The van der Waals surface area contributed by atoms with Gasteiger partial charge in [0.1, 0.15) is 0 Å². The molecule has 0 aliphatic carbocycles. The van der Waals surface area contributed by atoms with Gasteiger partial charge in [-0.15, -0.1) is 0 Å². The van der Waals surface area contributed by atoms with E-state index in [9.17, 15) is 23.1 Å². The van der Waals surface area contributed by atoms with E-state index in [1.165, 1.54) is 6.07 Å². The Kier molecular flexibility index (Phi) is 5.78. The van der Waals surface area contributed by atoms with Crippen LogP contribution in [0.25, 0.3) is 0 Å². The minimum absolute atomic E-state index is 0.207. The van der Waals surface area contributed by atoms with E-state index in [0.717, 1.165) is 12.1 Å². The summed E-state index contributed by atoms with van der Waals surface area (Å²) in [4.78, 5) is 11.3. The van der Waals surface area contributed by atoms with Gasteiger partial charge in [0.15, 0.2) is 0 Å². The van der Waals surface area contributed by atoms with E-state index < -0.39 is 23.1 Å². The molecule has 3 nitrogen and oxygen atoms in total. The minimum Gasteiger partial charge on any atom is -0.481 e. The Morgan fingerprint density at radius 1 is 1.24 bits per heavy atom. The molecule has 0 aromatic heterocycles. The van der Waals surface area contributed by atoms with Crippen LogP contribution in [-0.4, -0.2) is 17.6 Å². The van der Waals surface area contributed by atoms with Crippen molar-refractivity contribution in [2.45, 2.75) is 39.4 Å². The minimum atomic E-state index is -4.37. The molecule has 1 aromatic rings. The lowest BCUT2D eigenvalue weighted by molar-refractivity contribution is -0.149. The molecule has 6 heteroatoms. The largest absolute Gasteiger partial charge is 0.481 e. The Hall–Kier alpha value is -1.56. The second-order valence-corrected chi connectivity index (χ2v) is 5.09. The Balaban J connectivity index is 2.70. The van der Waals surface area contributed by atoms with E-state index in [-0.39, 0.29) is 13.1 Å².